The van der Waals surface area contributed by atoms with Crippen molar-refractivity contribution >= 4 is 11.6 Å². The Bertz CT molecular complexity index is 469. The molecule has 0 amide bonds. The normalized spacial score (nSPS) is 9.90. The lowest BCUT2D eigenvalue weighted by atomic mass is 10.1. The third-order valence-electron chi connectivity index (χ3n) is 2.90. The van der Waals surface area contributed by atoms with E-state index in [-0.39, 0.29) is 6.61 Å². The van der Waals surface area contributed by atoms with Gasteiger partial charge in [-0.25, -0.2) is 0 Å². The molecule has 1 nitrogen and oxygen atoms in total. The van der Waals surface area contributed by atoms with Gasteiger partial charge in [-0.2, -0.15) is 0 Å². The van der Waals surface area contributed by atoms with Gasteiger partial charge in [0.15, 0.2) is 0 Å². The van der Waals surface area contributed by atoms with E-state index in [1.54, 1.807) is 0 Å². The van der Waals surface area contributed by atoms with Crippen LogP contribution in [-0.2, 0) is 12.5 Å². The van der Waals surface area contributed by atoms with Gasteiger partial charge in [0.25, 0.3) is 0 Å². The molecule has 1 N–H and O–H groups in total. The Morgan fingerprint density at radius 2 is 1.05 bits per heavy atom. The van der Waals surface area contributed by atoms with Gasteiger partial charge in [0.05, 0.1) is 6.61 Å². The molecule has 0 saturated carbocycles. The van der Waals surface area contributed by atoms with Crippen LogP contribution in [0.5, 0.6) is 0 Å². The smallest absolute Gasteiger partial charge is 0.0682 e. The lowest BCUT2D eigenvalue weighted by Gasteiger charge is -1.99. The second-order valence-corrected chi connectivity index (χ2v) is 5.55. The summed E-state index contributed by atoms with van der Waals surface area (Å²) in [4.78, 5) is 0. The average molecular weight is 291 g/mol. The molecule has 0 bridgehead atoms. The number of aliphatic hydroxyl groups is 1. The van der Waals surface area contributed by atoms with Gasteiger partial charge in [0.2, 0.25) is 0 Å². The minimum Gasteiger partial charge on any atom is -0.392 e. The Hall–Kier alpha value is -1.31. The Morgan fingerprint density at radius 3 is 1.35 bits per heavy atom. The molecule has 2 aromatic rings. The number of halogens is 1. The van der Waals surface area contributed by atoms with E-state index in [1.165, 1.54) is 27.8 Å². The van der Waals surface area contributed by atoms with Crippen molar-refractivity contribution in [3.05, 3.63) is 69.8 Å². The first-order valence-electron chi connectivity index (χ1n) is 6.75. The number of hydrogen-bond acceptors (Lipinski definition) is 1. The van der Waals surface area contributed by atoms with Crippen LogP contribution in [0.2, 0.25) is 0 Å². The molecule has 0 aliphatic rings. The Balaban J connectivity index is 0.000000200. The van der Waals surface area contributed by atoms with Gasteiger partial charge in [-0.05, 0) is 38.8 Å². The number of benzene rings is 2. The summed E-state index contributed by atoms with van der Waals surface area (Å²) in [7, 11) is 0. The number of rotatable bonds is 2. The molecule has 0 spiro atoms. The number of hydrogen-bond donors (Lipinski definition) is 1. The monoisotopic (exact) mass is 290 g/mol. The fraction of sp³-hybridized carbons (Fsp3) is 0.333. The SMILES string of the molecule is Cc1cc(C)cc(CCl)c1.Cc1cc(C)cc(CO)c1. The van der Waals surface area contributed by atoms with Crippen LogP contribution < -0.4 is 0 Å². The second kappa shape index (κ2) is 8.08. The van der Waals surface area contributed by atoms with Crippen LogP contribution in [0.25, 0.3) is 0 Å². The molecule has 0 aromatic heterocycles. The second-order valence-electron chi connectivity index (χ2n) is 5.28. The molecule has 0 aliphatic carbocycles. The van der Waals surface area contributed by atoms with Crippen LogP contribution in [0.3, 0.4) is 0 Å². The molecule has 0 atom stereocenters. The first kappa shape index (κ1) is 16.7. The van der Waals surface area contributed by atoms with E-state index in [0.717, 1.165) is 5.56 Å². The summed E-state index contributed by atoms with van der Waals surface area (Å²) in [5.74, 6) is 0.614. The molecule has 108 valence electrons. The molecule has 2 rings (SSSR count). The summed E-state index contributed by atoms with van der Waals surface area (Å²) < 4.78 is 0. The summed E-state index contributed by atoms with van der Waals surface area (Å²) in [6.07, 6.45) is 0. The van der Waals surface area contributed by atoms with E-state index >= 15 is 0 Å². The fourth-order valence-electron chi connectivity index (χ4n) is 2.31. The largest absolute Gasteiger partial charge is 0.392 e. The average Bonchev–Trinajstić information content (AvgIpc) is 2.37. The Labute approximate surface area is 127 Å². The predicted molar refractivity (Wildman–Crippen MR) is 87.3 cm³/mol. The third-order valence-corrected chi connectivity index (χ3v) is 3.21. The van der Waals surface area contributed by atoms with E-state index < -0.39 is 0 Å². The van der Waals surface area contributed by atoms with Crippen molar-refractivity contribution in [3.63, 3.8) is 0 Å². The van der Waals surface area contributed by atoms with Crippen LogP contribution in [0.1, 0.15) is 33.4 Å². The van der Waals surface area contributed by atoms with Gasteiger partial charge in [-0.15, -0.1) is 11.6 Å². The predicted octanol–water partition coefficient (Wildman–Crippen LogP) is 4.84. The van der Waals surface area contributed by atoms with E-state index in [0.29, 0.717) is 5.88 Å². The number of aryl methyl sites for hydroxylation is 4. The number of aliphatic hydroxyl groups excluding tert-OH is 1. The molecule has 0 saturated heterocycles. The molecule has 0 fully saturated rings. The summed E-state index contributed by atoms with van der Waals surface area (Å²) in [6, 6.07) is 12.5. The zero-order valence-corrected chi connectivity index (χ0v) is 13.5. The zero-order chi connectivity index (χ0) is 15.1. The molecular weight excluding hydrogens is 268 g/mol. The van der Waals surface area contributed by atoms with Gasteiger partial charge in [0, 0.05) is 5.88 Å². The molecule has 20 heavy (non-hydrogen) atoms. The summed E-state index contributed by atoms with van der Waals surface area (Å²) in [5, 5.41) is 8.79. The van der Waals surface area contributed by atoms with Crippen molar-refractivity contribution in [3.8, 4) is 0 Å². The van der Waals surface area contributed by atoms with Crippen molar-refractivity contribution in [1.82, 2.24) is 0 Å². The molecule has 2 aromatic carbocycles. The molecule has 2 heteroatoms. The first-order chi connectivity index (χ1) is 9.44. The van der Waals surface area contributed by atoms with E-state index in [1.807, 2.05) is 26.0 Å². The van der Waals surface area contributed by atoms with Crippen LogP contribution in [0.4, 0.5) is 0 Å². The topological polar surface area (TPSA) is 20.2 Å². The van der Waals surface area contributed by atoms with Crippen LogP contribution >= 0.6 is 11.6 Å². The maximum Gasteiger partial charge on any atom is 0.0682 e. The summed E-state index contributed by atoms with van der Waals surface area (Å²) in [5.41, 5.74) is 7.20. The third kappa shape index (κ3) is 5.77. The highest BCUT2D eigenvalue weighted by molar-refractivity contribution is 6.17. The first-order valence-corrected chi connectivity index (χ1v) is 7.29. The highest BCUT2D eigenvalue weighted by atomic mass is 35.5. The Morgan fingerprint density at radius 1 is 0.700 bits per heavy atom. The van der Waals surface area contributed by atoms with Crippen LogP contribution in [0.15, 0.2) is 36.4 Å². The maximum atomic E-state index is 8.79. The number of alkyl halides is 1. The molecule has 0 unspecified atom stereocenters. The quantitative estimate of drug-likeness (QED) is 0.785. The van der Waals surface area contributed by atoms with Gasteiger partial charge < -0.3 is 5.11 Å². The van der Waals surface area contributed by atoms with Gasteiger partial charge in [-0.3, -0.25) is 0 Å². The molecule has 0 aliphatic heterocycles. The van der Waals surface area contributed by atoms with Crippen molar-refractivity contribution in [2.45, 2.75) is 40.2 Å². The molecular formula is C18H23ClO. The van der Waals surface area contributed by atoms with E-state index in [9.17, 15) is 0 Å². The van der Waals surface area contributed by atoms with Gasteiger partial charge in [0.1, 0.15) is 0 Å². The maximum absolute atomic E-state index is 8.79. The zero-order valence-electron chi connectivity index (χ0n) is 12.7. The highest BCUT2D eigenvalue weighted by Gasteiger charge is 1.92. The van der Waals surface area contributed by atoms with Gasteiger partial charge >= 0.3 is 0 Å². The lowest BCUT2D eigenvalue weighted by molar-refractivity contribution is 0.281. The summed E-state index contributed by atoms with van der Waals surface area (Å²) in [6.45, 7) is 8.38. The molecule has 0 heterocycles. The van der Waals surface area contributed by atoms with Crippen molar-refractivity contribution < 1.29 is 5.11 Å². The van der Waals surface area contributed by atoms with E-state index in [2.05, 4.69) is 38.1 Å². The van der Waals surface area contributed by atoms with E-state index in [4.69, 9.17) is 16.7 Å². The summed E-state index contributed by atoms with van der Waals surface area (Å²) >= 11 is 5.67. The van der Waals surface area contributed by atoms with Crippen molar-refractivity contribution in [2.24, 2.45) is 0 Å². The fourth-order valence-corrected chi connectivity index (χ4v) is 2.46. The minimum absolute atomic E-state index is 0.141. The van der Waals surface area contributed by atoms with Crippen LogP contribution in [-0.4, -0.2) is 5.11 Å². The highest BCUT2D eigenvalue weighted by Crippen LogP contribution is 2.10. The standard InChI is InChI=1S/C9H11Cl.C9H12O/c2*1-7-3-8(2)5-9(4-7)6-10/h3-5H,6H2,1-2H3;3-5,10H,6H2,1-2H3. The lowest BCUT2D eigenvalue weighted by Crippen LogP contribution is -1.85. The van der Waals surface area contributed by atoms with Crippen molar-refractivity contribution in [2.75, 3.05) is 0 Å². The van der Waals surface area contributed by atoms with Crippen molar-refractivity contribution in [1.29, 1.82) is 0 Å². The Kier molecular flexibility index (Phi) is 6.77. The van der Waals surface area contributed by atoms with Crippen LogP contribution in [0, 0.1) is 27.7 Å². The molecule has 0 radical (unpaired) electrons. The van der Waals surface area contributed by atoms with Gasteiger partial charge in [-0.1, -0.05) is 58.7 Å². The minimum atomic E-state index is 0.141.